The van der Waals surface area contributed by atoms with Crippen molar-refractivity contribution >= 4 is 17.2 Å². The molecule has 0 spiro atoms. The maximum atomic E-state index is 11.5. The molecule has 2 aliphatic heterocycles. The van der Waals surface area contributed by atoms with E-state index in [4.69, 9.17) is 0 Å². The van der Waals surface area contributed by atoms with Gasteiger partial charge in [0.1, 0.15) is 0 Å². The summed E-state index contributed by atoms with van der Waals surface area (Å²) in [4.78, 5) is 14.9. The molecule has 68 valence electrons. The van der Waals surface area contributed by atoms with E-state index in [9.17, 15) is 4.79 Å². The first-order valence-corrected chi connectivity index (χ1v) is 5.57. The number of thiophene rings is 1. The highest BCUT2D eigenvalue weighted by Gasteiger charge is 2.35. The van der Waals surface area contributed by atoms with Crippen molar-refractivity contribution in [3.8, 4) is 0 Å². The molecule has 2 aliphatic rings. The molecule has 1 aromatic rings. The number of rotatable bonds is 0. The van der Waals surface area contributed by atoms with Crippen LogP contribution in [0.25, 0.3) is 0 Å². The van der Waals surface area contributed by atoms with E-state index < -0.39 is 0 Å². The molecule has 1 fully saturated rings. The second-order valence-corrected chi connectivity index (χ2v) is 4.79. The monoisotopic (exact) mass is 193 g/mol. The predicted molar refractivity (Wildman–Crippen MR) is 51.6 cm³/mol. The third kappa shape index (κ3) is 1.03. The van der Waals surface area contributed by atoms with Crippen LogP contribution >= 0.6 is 11.3 Å². The highest BCUT2D eigenvalue weighted by molar-refractivity contribution is 7.10. The first kappa shape index (κ1) is 7.56. The lowest BCUT2D eigenvalue weighted by Gasteiger charge is -2.29. The second-order valence-electron chi connectivity index (χ2n) is 3.79. The maximum absolute atomic E-state index is 11.5. The number of hydrogen-bond donors (Lipinski definition) is 0. The van der Waals surface area contributed by atoms with Crippen LogP contribution in [0.4, 0.5) is 0 Å². The Hall–Kier alpha value is -0.830. The van der Waals surface area contributed by atoms with Gasteiger partial charge in [0.25, 0.3) is 0 Å². The van der Waals surface area contributed by atoms with Crippen LogP contribution < -0.4 is 0 Å². The number of carbonyl (C=O) groups is 1. The van der Waals surface area contributed by atoms with Crippen molar-refractivity contribution in [2.75, 3.05) is 0 Å². The minimum Gasteiger partial charge on any atom is -0.334 e. The molecule has 0 N–H and O–H groups in total. The number of nitrogens with zero attached hydrogens (tertiary/aromatic N) is 1. The molecule has 0 saturated carbocycles. The zero-order valence-corrected chi connectivity index (χ0v) is 8.14. The third-order valence-electron chi connectivity index (χ3n) is 3.06. The molecule has 1 atom stereocenters. The molecule has 0 unspecified atom stereocenters. The van der Waals surface area contributed by atoms with Gasteiger partial charge < -0.3 is 4.90 Å². The Labute approximate surface area is 81.2 Å². The van der Waals surface area contributed by atoms with Crippen LogP contribution in [0.2, 0.25) is 0 Å². The van der Waals surface area contributed by atoms with Crippen LogP contribution in [0.15, 0.2) is 11.4 Å². The van der Waals surface area contributed by atoms with Gasteiger partial charge in [-0.3, -0.25) is 4.79 Å². The molecule has 0 aliphatic carbocycles. The normalized spacial score (nSPS) is 26.0. The number of hydrogen-bond acceptors (Lipinski definition) is 2. The van der Waals surface area contributed by atoms with Crippen molar-refractivity contribution in [1.82, 2.24) is 4.90 Å². The van der Waals surface area contributed by atoms with Gasteiger partial charge in [0, 0.05) is 17.3 Å². The molecule has 13 heavy (non-hydrogen) atoms. The molecule has 1 aromatic heterocycles. The average Bonchev–Trinajstić information content (AvgIpc) is 2.70. The topological polar surface area (TPSA) is 20.3 Å². The van der Waals surface area contributed by atoms with E-state index in [-0.39, 0.29) is 0 Å². The van der Waals surface area contributed by atoms with E-state index in [1.54, 1.807) is 11.3 Å². The Kier molecular flexibility index (Phi) is 1.50. The number of fused-ring (bicyclic) bond motifs is 2. The van der Waals surface area contributed by atoms with Crippen LogP contribution in [-0.4, -0.2) is 16.8 Å². The van der Waals surface area contributed by atoms with Crippen molar-refractivity contribution in [2.24, 2.45) is 0 Å². The van der Waals surface area contributed by atoms with Crippen molar-refractivity contribution in [3.63, 3.8) is 0 Å². The van der Waals surface area contributed by atoms with E-state index >= 15 is 0 Å². The summed E-state index contributed by atoms with van der Waals surface area (Å²) in [6, 6.07) is 2.72. The fourth-order valence-electron chi connectivity index (χ4n) is 2.32. The lowest BCUT2D eigenvalue weighted by atomic mass is 10.0. The van der Waals surface area contributed by atoms with Crippen molar-refractivity contribution < 1.29 is 4.79 Å². The second kappa shape index (κ2) is 2.58. The summed E-state index contributed by atoms with van der Waals surface area (Å²) in [5, 5.41) is 2.14. The maximum Gasteiger partial charge on any atom is 0.223 e. The quantitative estimate of drug-likeness (QED) is 0.615. The lowest BCUT2D eigenvalue weighted by molar-refractivity contribution is -0.129. The summed E-state index contributed by atoms with van der Waals surface area (Å²) in [5.41, 5.74) is 1.47. The summed E-state index contributed by atoms with van der Waals surface area (Å²) in [7, 11) is 0. The SMILES string of the molecule is O=C1CC[C@H]2Cc3ccsc3CN12. The molecule has 3 rings (SSSR count). The Bertz CT molecular complexity index is 358. The fourth-order valence-corrected chi connectivity index (χ4v) is 3.23. The van der Waals surface area contributed by atoms with E-state index in [1.807, 2.05) is 0 Å². The van der Waals surface area contributed by atoms with E-state index in [1.165, 1.54) is 10.4 Å². The molecule has 2 nitrogen and oxygen atoms in total. The van der Waals surface area contributed by atoms with Gasteiger partial charge in [-0.1, -0.05) is 0 Å². The Morgan fingerprint density at radius 2 is 2.46 bits per heavy atom. The summed E-state index contributed by atoms with van der Waals surface area (Å²) in [6.45, 7) is 0.872. The van der Waals surface area contributed by atoms with Gasteiger partial charge in [-0.15, -0.1) is 11.3 Å². The molecule has 3 heteroatoms. The molecule has 1 amide bonds. The summed E-state index contributed by atoms with van der Waals surface area (Å²) < 4.78 is 0. The highest BCUT2D eigenvalue weighted by atomic mass is 32.1. The summed E-state index contributed by atoms with van der Waals surface area (Å²) in [6.07, 6.45) is 2.91. The van der Waals surface area contributed by atoms with Gasteiger partial charge in [0.2, 0.25) is 5.91 Å². The van der Waals surface area contributed by atoms with Crippen molar-refractivity contribution in [3.05, 3.63) is 21.9 Å². The lowest BCUT2D eigenvalue weighted by Crippen LogP contribution is -2.37. The summed E-state index contributed by atoms with van der Waals surface area (Å²) >= 11 is 1.78. The first-order valence-electron chi connectivity index (χ1n) is 4.69. The average molecular weight is 193 g/mol. The molecule has 3 heterocycles. The fraction of sp³-hybridized carbons (Fsp3) is 0.500. The number of carbonyl (C=O) groups excluding carboxylic acids is 1. The first-order chi connectivity index (χ1) is 6.34. The standard InChI is InChI=1S/C10H11NOS/c12-10-2-1-8-5-7-3-4-13-9(7)6-11(8)10/h3-4,8H,1-2,5-6H2/t8-/m0/s1. The largest absolute Gasteiger partial charge is 0.334 e. The predicted octanol–water partition coefficient (Wildman–Crippen LogP) is 1.80. The Balaban J connectivity index is 1.98. The van der Waals surface area contributed by atoms with Crippen LogP contribution in [0, 0.1) is 0 Å². The summed E-state index contributed by atoms with van der Waals surface area (Å²) in [5.74, 6) is 0.351. The van der Waals surface area contributed by atoms with Gasteiger partial charge in [-0.25, -0.2) is 0 Å². The minimum absolute atomic E-state index is 0.351. The molecular formula is C10H11NOS. The highest BCUT2D eigenvalue weighted by Crippen LogP contribution is 2.33. The number of amides is 1. The van der Waals surface area contributed by atoms with Crippen LogP contribution in [0.5, 0.6) is 0 Å². The van der Waals surface area contributed by atoms with Gasteiger partial charge >= 0.3 is 0 Å². The van der Waals surface area contributed by atoms with E-state index in [0.717, 1.165) is 25.8 Å². The van der Waals surface area contributed by atoms with Crippen molar-refractivity contribution in [2.45, 2.75) is 31.8 Å². The molecule has 1 saturated heterocycles. The van der Waals surface area contributed by atoms with Crippen molar-refractivity contribution in [1.29, 1.82) is 0 Å². The van der Waals surface area contributed by atoms with Gasteiger partial charge in [0.15, 0.2) is 0 Å². The molecular weight excluding hydrogens is 182 g/mol. The zero-order chi connectivity index (χ0) is 8.84. The smallest absolute Gasteiger partial charge is 0.223 e. The van der Waals surface area contributed by atoms with E-state index in [0.29, 0.717) is 11.9 Å². The Morgan fingerprint density at radius 1 is 1.54 bits per heavy atom. The molecule has 0 bridgehead atoms. The van der Waals surface area contributed by atoms with Crippen LogP contribution in [0.3, 0.4) is 0 Å². The van der Waals surface area contributed by atoms with E-state index in [2.05, 4.69) is 16.3 Å². The minimum atomic E-state index is 0.351. The molecule has 0 radical (unpaired) electrons. The van der Waals surface area contributed by atoms with Crippen LogP contribution in [0.1, 0.15) is 23.3 Å². The van der Waals surface area contributed by atoms with Gasteiger partial charge in [0.05, 0.1) is 6.54 Å². The zero-order valence-electron chi connectivity index (χ0n) is 7.32. The third-order valence-corrected chi connectivity index (χ3v) is 4.01. The van der Waals surface area contributed by atoms with Gasteiger partial charge in [-0.05, 0) is 29.9 Å². The van der Waals surface area contributed by atoms with Gasteiger partial charge in [-0.2, -0.15) is 0 Å². The molecule has 0 aromatic carbocycles. The Morgan fingerprint density at radius 3 is 3.38 bits per heavy atom. The van der Waals surface area contributed by atoms with Crippen LogP contribution in [-0.2, 0) is 17.8 Å².